The number of nitrogens with one attached hydrogen (secondary N) is 1. The van der Waals surface area contributed by atoms with Gasteiger partial charge in [0.2, 0.25) is 0 Å². The third kappa shape index (κ3) is 2.73. The monoisotopic (exact) mass is 226 g/mol. The van der Waals surface area contributed by atoms with Crippen LogP contribution >= 0.6 is 0 Å². The van der Waals surface area contributed by atoms with Crippen LogP contribution in [0.5, 0.6) is 0 Å². The molecule has 0 atom stereocenters. The van der Waals surface area contributed by atoms with E-state index in [4.69, 9.17) is 9.68 Å². The summed E-state index contributed by atoms with van der Waals surface area (Å²) in [6.45, 7) is 0.388. The molecule has 0 saturated heterocycles. The van der Waals surface area contributed by atoms with Crippen LogP contribution < -0.4 is 5.32 Å². The lowest BCUT2D eigenvalue weighted by atomic mass is 10.1. The molecule has 0 aliphatic heterocycles. The normalized spacial score (nSPS) is 9.59. The highest BCUT2D eigenvalue weighted by atomic mass is 16.3. The number of carbonyl (C=O) groups is 1. The highest BCUT2D eigenvalue weighted by Gasteiger charge is 2.05. The minimum absolute atomic E-state index is 0.193. The second-order valence-corrected chi connectivity index (χ2v) is 3.51. The fourth-order valence-electron chi connectivity index (χ4n) is 1.43. The summed E-state index contributed by atoms with van der Waals surface area (Å²) in [5.74, 6) is -0.193. The Hall–Kier alpha value is -2.54. The zero-order valence-corrected chi connectivity index (χ0v) is 9.01. The van der Waals surface area contributed by atoms with Gasteiger partial charge in [0, 0.05) is 6.54 Å². The van der Waals surface area contributed by atoms with Gasteiger partial charge in [-0.15, -0.1) is 0 Å². The Kier molecular flexibility index (Phi) is 3.22. The summed E-state index contributed by atoms with van der Waals surface area (Å²) in [5, 5.41) is 11.5. The quantitative estimate of drug-likeness (QED) is 0.871. The summed E-state index contributed by atoms with van der Waals surface area (Å²) in [6.07, 6.45) is 2.84. The molecular formula is C13H10N2O2. The van der Waals surface area contributed by atoms with Crippen LogP contribution in [-0.4, -0.2) is 5.91 Å². The molecule has 4 nitrogen and oxygen atoms in total. The summed E-state index contributed by atoms with van der Waals surface area (Å²) in [7, 11) is 0. The van der Waals surface area contributed by atoms with Crippen molar-refractivity contribution >= 4 is 5.91 Å². The number of benzene rings is 1. The lowest BCUT2D eigenvalue weighted by molar-refractivity contribution is 0.0950. The molecule has 17 heavy (non-hydrogen) atoms. The summed E-state index contributed by atoms with van der Waals surface area (Å²) >= 11 is 0. The molecule has 1 N–H and O–H groups in total. The first-order valence-corrected chi connectivity index (χ1v) is 5.09. The molecular weight excluding hydrogens is 216 g/mol. The number of hydrogen-bond donors (Lipinski definition) is 1. The molecule has 0 saturated carbocycles. The van der Waals surface area contributed by atoms with Gasteiger partial charge in [0.25, 0.3) is 5.91 Å². The second-order valence-electron chi connectivity index (χ2n) is 3.51. The molecule has 1 aromatic heterocycles. The van der Waals surface area contributed by atoms with Crippen LogP contribution in [0.15, 0.2) is 47.3 Å². The number of nitrogens with zero attached hydrogens (tertiary/aromatic N) is 1. The third-order valence-electron chi connectivity index (χ3n) is 2.29. The van der Waals surface area contributed by atoms with Crippen LogP contribution in [0.4, 0.5) is 0 Å². The predicted octanol–water partition coefficient (Wildman–Crippen LogP) is 2.08. The van der Waals surface area contributed by atoms with Gasteiger partial charge < -0.3 is 9.73 Å². The molecule has 0 aliphatic carbocycles. The first-order chi connectivity index (χ1) is 8.29. The van der Waals surface area contributed by atoms with E-state index < -0.39 is 0 Å². The highest BCUT2D eigenvalue weighted by molar-refractivity contribution is 5.93. The molecule has 2 aromatic rings. The Morgan fingerprint density at radius 1 is 1.41 bits per heavy atom. The third-order valence-corrected chi connectivity index (χ3v) is 2.29. The zero-order valence-electron chi connectivity index (χ0n) is 9.01. The molecule has 0 radical (unpaired) electrons. The molecule has 1 heterocycles. The van der Waals surface area contributed by atoms with Crippen molar-refractivity contribution in [3.63, 3.8) is 0 Å². The van der Waals surface area contributed by atoms with E-state index in [1.165, 1.54) is 12.5 Å². The highest BCUT2D eigenvalue weighted by Crippen LogP contribution is 2.05. The first kappa shape index (κ1) is 11.0. The van der Waals surface area contributed by atoms with E-state index in [1.807, 2.05) is 6.07 Å². The number of amides is 1. The van der Waals surface area contributed by atoms with Gasteiger partial charge in [-0.25, -0.2) is 0 Å². The Labute approximate surface area is 98.5 Å². The topological polar surface area (TPSA) is 66.0 Å². The van der Waals surface area contributed by atoms with E-state index in [-0.39, 0.29) is 5.91 Å². The molecule has 1 aromatic carbocycles. The Morgan fingerprint density at radius 2 is 2.29 bits per heavy atom. The Morgan fingerprint density at radius 3 is 3.00 bits per heavy atom. The molecule has 1 amide bonds. The average molecular weight is 226 g/mol. The van der Waals surface area contributed by atoms with Crippen LogP contribution in [-0.2, 0) is 6.54 Å². The lowest BCUT2D eigenvalue weighted by Gasteiger charge is -2.03. The SMILES string of the molecule is N#Cc1cccc(CNC(=O)c2ccoc2)c1. The van der Waals surface area contributed by atoms with Gasteiger partial charge in [0.05, 0.1) is 23.5 Å². The number of rotatable bonds is 3. The van der Waals surface area contributed by atoms with Crippen molar-refractivity contribution in [2.24, 2.45) is 0 Å². The van der Waals surface area contributed by atoms with Gasteiger partial charge in [-0.3, -0.25) is 4.79 Å². The van der Waals surface area contributed by atoms with E-state index in [0.29, 0.717) is 17.7 Å². The molecule has 84 valence electrons. The summed E-state index contributed by atoms with van der Waals surface area (Å²) in [4.78, 5) is 11.6. The Balaban J connectivity index is 1.98. The summed E-state index contributed by atoms with van der Waals surface area (Å²) in [5.41, 5.74) is 1.96. The zero-order chi connectivity index (χ0) is 12.1. The molecule has 0 fully saturated rings. The van der Waals surface area contributed by atoms with Crippen LogP contribution in [0.3, 0.4) is 0 Å². The Bertz CT molecular complexity index is 553. The number of furan rings is 1. The van der Waals surface area contributed by atoms with Gasteiger partial charge in [-0.2, -0.15) is 5.26 Å². The van der Waals surface area contributed by atoms with Gasteiger partial charge in [0.1, 0.15) is 6.26 Å². The van der Waals surface area contributed by atoms with Crippen LogP contribution in [0, 0.1) is 11.3 Å². The maximum absolute atomic E-state index is 11.6. The van der Waals surface area contributed by atoms with E-state index in [1.54, 1.807) is 24.3 Å². The smallest absolute Gasteiger partial charge is 0.254 e. The molecule has 0 spiro atoms. The van der Waals surface area contributed by atoms with Crippen molar-refractivity contribution in [3.05, 3.63) is 59.5 Å². The van der Waals surface area contributed by atoms with Crippen molar-refractivity contribution in [1.29, 1.82) is 5.26 Å². The van der Waals surface area contributed by atoms with Gasteiger partial charge >= 0.3 is 0 Å². The van der Waals surface area contributed by atoms with Crippen molar-refractivity contribution in [3.8, 4) is 6.07 Å². The minimum atomic E-state index is -0.193. The van der Waals surface area contributed by atoms with Crippen molar-refractivity contribution in [2.75, 3.05) is 0 Å². The van der Waals surface area contributed by atoms with Crippen LogP contribution in [0.25, 0.3) is 0 Å². The van der Waals surface area contributed by atoms with E-state index in [2.05, 4.69) is 11.4 Å². The van der Waals surface area contributed by atoms with E-state index in [0.717, 1.165) is 5.56 Å². The van der Waals surface area contributed by atoms with Crippen molar-refractivity contribution in [2.45, 2.75) is 6.54 Å². The van der Waals surface area contributed by atoms with Gasteiger partial charge in [-0.1, -0.05) is 12.1 Å². The number of nitriles is 1. The molecule has 0 aliphatic rings. The lowest BCUT2D eigenvalue weighted by Crippen LogP contribution is -2.22. The summed E-state index contributed by atoms with van der Waals surface area (Å²) < 4.78 is 4.82. The molecule has 0 unspecified atom stereocenters. The molecule has 4 heteroatoms. The van der Waals surface area contributed by atoms with Gasteiger partial charge in [0.15, 0.2) is 0 Å². The standard InChI is InChI=1S/C13H10N2O2/c14-7-10-2-1-3-11(6-10)8-15-13(16)12-4-5-17-9-12/h1-6,9H,8H2,(H,15,16). The van der Waals surface area contributed by atoms with Gasteiger partial charge in [-0.05, 0) is 23.8 Å². The van der Waals surface area contributed by atoms with E-state index >= 15 is 0 Å². The van der Waals surface area contributed by atoms with Crippen LogP contribution in [0.1, 0.15) is 21.5 Å². The predicted molar refractivity (Wildman–Crippen MR) is 61.0 cm³/mol. The molecule has 0 bridgehead atoms. The fraction of sp³-hybridized carbons (Fsp3) is 0.0769. The van der Waals surface area contributed by atoms with E-state index in [9.17, 15) is 4.79 Å². The number of carbonyl (C=O) groups excluding carboxylic acids is 1. The maximum Gasteiger partial charge on any atom is 0.254 e. The van der Waals surface area contributed by atoms with Crippen molar-refractivity contribution in [1.82, 2.24) is 5.32 Å². The van der Waals surface area contributed by atoms with Crippen molar-refractivity contribution < 1.29 is 9.21 Å². The summed E-state index contributed by atoms with van der Waals surface area (Å²) in [6, 6.07) is 10.8. The average Bonchev–Trinajstić information content (AvgIpc) is 2.90. The minimum Gasteiger partial charge on any atom is -0.472 e. The second kappa shape index (κ2) is 4.99. The number of hydrogen-bond acceptors (Lipinski definition) is 3. The first-order valence-electron chi connectivity index (χ1n) is 5.09. The maximum atomic E-state index is 11.6. The largest absolute Gasteiger partial charge is 0.472 e. The van der Waals surface area contributed by atoms with Crippen LogP contribution in [0.2, 0.25) is 0 Å². The molecule has 2 rings (SSSR count). The fourth-order valence-corrected chi connectivity index (χ4v) is 1.43.